The number of rotatable bonds is 5. The third-order valence-corrected chi connectivity index (χ3v) is 4.53. The molecule has 1 aliphatic heterocycles. The Morgan fingerprint density at radius 2 is 1.92 bits per heavy atom. The van der Waals surface area contributed by atoms with Gasteiger partial charge in [0.15, 0.2) is 5.78 Å². The van der Waals surface area contributed by atoms with Gasteiger partial charge in [0.1, 0.15) is 17.5 Å². The molecule has 1 aromatic heterocycles. The fraction of sp³-hybridized carbons (Fsp3) is 0.368. The number of carboxylic acids is 1. The molecule has 0 saturated carbocycles. The number of ketones is 1. The number of carboxylic acid groups (broad SMARTS) is 1. The fourth-order valence-corrected chi connectivity index (χ4v) is 3.10. The molecular formula is C19H22N4O3. The van der Waals surface area contributed by atoms with Gasteiger partial charge in [-0.2, -0.15) is 0 Å². The molecule has 0 unspecified atom stereocenters. The van der Waals surface area contributed by atoms with Crippen molar-refractivity contribution in [3.63, 3.8) is 0 Å². The van der Waals surface area contributed by atoms with Crippen LogP contribution in [-0.2, 0) is 4.79 Å². The summed E-state index contributed by atoms with van der Waals surface area (Å²) in [5, 5.41) is 12.4. The van der Waals surface area contributed by atoms with Crippen molar-refractivity contribution in [3.8, 4) is 0 Å². The van der Waals surface area contributed by atoms with Gasteiger partial charge in [0, 0.05) is 30.4 Å². The molecule has 1 saturated heterocycles. The molecule has 7 heteroatoms. The summed E-state index contributed by atoms with van der Waals surface area (Å²) in [5.41, 5.74) is 1.42. The molecule has 136 valence electrons. The van der Waals surface area contributed by atoms with E-state index in [9.17, 15) is 9.59 Å². The number of aliphatic carboxylic acids is 1. The lowest BCUT2D eigenvalue weighted by Crippen LogP contribution is -2.36. The van der Waals surface area contributed by atoms with Crippen LogP contribution in [0.5, 0.6) is 0 Å². The van der Waals surface area contributed by atoms with Gasteiger partial charge in [0.25, 0.3) is 0 Å². The minimum atomic E-state index is -0.726. The first-order valence-corrected chi connectivity index (χ1v) is 8.64. The van der Waals surface area contributed by atoms with E-state index < -0.39 is 5.97 Å². The summed E-state index contributed by atoms with van der Waals surface area (Å²) in [7, 11) is 0. The molecular weight excluding hydrogens is 332 g/mol. The van der Waals surface area contributed by atoms with E-state index in [1.807, 2.05) is 25.1 Å². The number of carbonyl (C=O) groups excluding carboxylic acids is 1. The van der Waals surface area contributed by atoms with Crippen LogP contribution in [0.25, 0.3) is 0 Å². The predicted molar refractivity (Wildman–Crippen MR) is 99.1 cm³/mol. The number of aryl methyl sites for hydroxylation is 1. The first kappa shape index (κ1) is 17.8. The molecule has 0 spiro atoms. The second-order valence-corrected chi connectivity index (χ2v) is 6.52. The molecule has 0 aliphatic carbocycles. The van der Waals surface area contributed by atoms with E-state index in [0.29, 0.717) is 43.1 Å². The number of hydrogen-bond donors (Lipinski definition) is 2. The van der Waals surface area contributed by atoms with Crippen LogP contribution in [-0.4, -0.2) is 39.9 Å². The molecule has 2 aromatic rings. The Labute approximate surface area is 152 Å². The number of nitrogens with one attached hydrogen (secondary N) is 1. The Bertz CT molecular complexity index is 829. The number of piperidine rings is 1. The van der Waals surface area contributed by atoms with Crippen LogP contribution in [0, 0.1) is 12.8 Å². The van der Waals surface area contributed by atoms with Crippen LogP contribution < -0.4 is 10.2 Å². The van der Waals surface area contributed by atoms with E-state index >= 15 is 0 Å². The van der Waals surface area contributed by atoms with Crippen LogP contribution in [0.3, 0.4) is 0 Å². The SMILES string of the molecule is CC(=O)c1cccc(Nc2cc(N3CCC(C(=O)O)CC3)nc(C)n2)c1. The van der Waals surface area contributed by atoms with E-state index in [1.165, 1.54) is 6.92 Å². The lowest BCUT2D eigenvalue weighted by Gasteiger charge is -2.31. The number of aromatic nitrogens is 2. The number of Topliss-reactive ketones (excluding diaryl/α,β-unsaturated/α-hetero) is 1. The average Bonchev–Trinajstić information content (AvgIpc) is 2.61. The van der Waals surface area contributed by atoms with Gasteiger partial charge >= 0.3 is 5.97 Å². The molecule has 7 nitrogen and oxygen atoms in total. The molecule has 3 rings (SSSR count). The largest absolute Gasteiger partial charge is 0.481 e. The molecule has 0 bridgehead atoms. The predicted octanol–water partition coefficient (Wildman–Crippen LogP) is 3.03. The van der Waals surface area contributed by atoms with Crippen molar-refractivity contribution in [1.29, 1.82) is 0 Å². The van der Waals surface area contributed by atoms with Gasteiger partial charge in [-0.05, 0) is 38.8 Å². The molecule has 0 radical (unpaired) electrons. The number of nitrogens with zero attached hydrogens (tertiary/aromatic N) is 3. The standard InChI is InChI=1S/C19H22N4O3/c1-12(24)15-4-3-5-16(10-15)22-17-11-18(21-13(2)20-17)23-8-6-14(7-9-23)19(25)26/h3-5,10-11,14H,6-9H2,1-2H3,(H,25,26)(H,20,21,22). The first-order valence-electron chi connectivity index (χ1n) is 8.64. The highest BCUT2D eigenvalue weighted by Crippen LogP contribution is 2.25. The van der Waals surface area contributed by atoms with Gasteiger partial charge < -0.3 is 15.3 Å². The van der Waals surface area contributed by atoms with Crippen molar-refractivity contribution in [2.75, 3.05) is 23.3 Å². The summed E-state index contributed by atoms with van der Waals surface area (Å²) in [6, 6.07) is 9.12. The van der Waals surface area contributed by atoms with Crippen molar-refractivity contribution in [2.45, 2.75) is 26.7 Å². The minimum absolute atomic E-state index is 0.00880. The Balaban J connectivity index is 1.77. The first-order chi connectivity index (χ1) is 12.4. The molecule has 0 atom stereocenters. The highest BCUT2D eigenvalue weighted by molar-refractivity contribution is 5.95. The number of benzene rings is 1. The maximum Gasteiger partial charge on any atom is 0.306 e. The topological polar surface area (TPSA) is 95.4 Å². The number of anilines is 3. The summed E-state index contributed by atoms with van der Waals surface area (Å²) < 4.78 is 0. The molecule has 26 heavy (non-hydrogen) atoms. The average molecular weight is 354 g/mol. The quantitative estimate of drug-likeness (QED) is 0.797. The van der Waals surface area contributed by atoms with E-state index in [-0.39, 0.29) is 11.7 Å². The van der Waals surface area contributed by atoms with Crippen LogP contribution in [0.2, 0.25) is 0 Å². The van der Waals surface area contributed by atoms with Gasteiger partial charge in [-0.3, -0.25) is 9.59 Å². The smallest absolute Gasteiger partial charge is 0.306 e. The Morgan fingerprint density at radius 1 is 1.19 bits per heavy atom. The van der Waals surface area contributed by atoms with E-state index in [4.69, 9.17) is 5.11 Å². The maximum atomic E-state index is 11.5. The Kier molecular flexibility index (Phi) is 5.16. The van der Waals surface area contributed by atoms with Gasteiger partial charge in [-0.15, -0.1) is 0 Å². The summed E-state index contributed by atoms with van der Waals surface area (Å²) >= 11 is 0. The lowest BCUT2D eigenvalue weighted by molar-refractivity contribution is -0.142. The molecule has 0 amide bonds. The molecule has 1 aliphatic rings. The summed E-state index contributed by atoms with van der Waals surface area (Å²) in [6.45, 7) is 4.68. The number of carbonyl (C=O) groups is 2. The maximum absolute atomic E-state index is 11.5. The van der Waals surface area contributed by atoms with Crippen molar-refractivity contribution < 1.29 is 14.7 Å². The van der Waals surface area contributed by atoms with Crippen LogP contribution >= 0.6 is 0 Å². The Morgan fingerprint density at radius 3 is 2.58 bits per heavy atom. The summed E-state index contributed by atoms with van der Waals surface area (Å²) in [5.74, 6) is 1.07. The van der Waals surface area contributed by atoms with E-state index in [2.05, 4.69) is 20.2 Å². The minimum Gasteiger partial charge on any atom is -0.481 e. The normalized spacial score (nSPS) is 14.9. The second kappa shape index (κ2) is 7.51. The zero-order valence-corrected chi connectivity index (χ0v) is 14.9. The van der Waals surface area contributed by atoms with Crippen molar-refractivity contribution >= 4 is 29.1 Å². The van der Waals surface area contributed by atoms with Gasteiger partial charge in [0.2, 0.25) is 0 Å². The summed E-state index contributed by atoms with van der Waals surface area (Å²) in [6.07, 6.45) is 1.23. The molecule has 1 fully saturated rings. The van der Waals surface area contributed by atoms with Crippen molar-refractivity contribution in [1.82, 2.24) is 9.97 Å². The number of hydrogen-bond acceptors (Lipinski definition) is 6. The van der Waals surface area contributed by atoms with Crippen molar-refractivity contribution in [3.05, 3.63) is 41.7 Å². The van der Waals surface area contributed by atoms with Gasteiger partial charge in [-0.1, -0.05) is 12.1 Å². The van der Waals surface area contributed by atoms with Crippen LogP contribution in [0.15, 0.2) is 30.3 Å². The summed E-state index contributed by atoms with van der Waals surface area (Å²) in [4.78, 5) is 33.6. The fourth-order valence-electron chi connectivity index (χ4n) is 3.10. The highest BCUT2D eigenvalue weighted by Gasteiger charge is 2.25. The zero-order chi connectivity index (χ0) is 18.7. The van der Waals surface area contributed by atoms with Gasteiger partial charge in [0.05, 0.1) is 5.92 Å². The third kappa shape index (κ3) is 4.17. The van der Waals surface area contributed by atoms with Crippen LogP contribution in [0.4, 0.5) is 17.3 Å². The third-order valence-electron chi connectivity index (χ3n) is 4.53. The van der Waals surface area contributed by atoms with Crippen LogP contribution in [0.1, 0.15) is 35.9 Å². The van der Waals surface area contributed by atoms with E-state index in [0.717, 1.165) is 11.5 Å². The van der Waals surface area contributed by atoms with Crippen molar-refractivity contribution in [2.24, 2.45) is 5.92 Å². The van der Waals surface area contributed by atoms with E-state index in [1.54, 1.807) is 12.1 Å². The second-order valence-electron chi connectivity index (χ2n) is 6.52. The Hall–Kier alpha value is -2.96. The zero-order valence-electron chi connectivity index (χ0n) is 14.9. The highest BCUT2D eigenvalue weighted by atomic mass is 16.4. The molecule has 2 heterocycles. The molecule has 1 aromatic carbocycles. The van der Waals surface area contributed by atoms with Gasteiger partial charge in [-0.25, -0.2) is 9.97 Å². The monoisotopic (exact) mass is 354 g/mol. The molecule has 2 N–H and O–H groups in total. The lowest BCUT2D eigenvalue weighted by atomic mass is 9.97.